The Labute approximate surface area is 126 Å². The van der Waals surface area contributed by atoms with Gasteiger partial charge in [-0.25, -0.2) is 0 Å². The zero-order valence-electron chi connectivity index (χ0n) is 8.14. The molecule has 0 bridgehead atoms. The summed E-state index contributed by atoms with van der Waals surface area (Å²) in [7, 11) is 0. The number of hydrogen-bond donors (Lipinski definition) is 1. The minimum absolute atomic E-state index is 0.642. The molecule has 1 aromatic heterocycles. The average Bonchev–Trinajstić information content (AvgIpc) is 2.63. The van der Waals surface area contributed by atoms with Crippen molar-refractivity contribution < 1.29 is 4.42 Å². The van der Waals surface area contributed by atoms with Gasteiger partial charge >= 0.3 is 0 Å². The normalized spacial score (nSPS) is 10.4. The van der Waals surface area contributed by atoms with Crippen molar-refractivity contribution in [2.75, 3.05) is 5.32 Å². The van der Waals surface area contributed by atoms with Gasteiger partial charge in [0.2, 0.25) is 0 Å². The lowest BCUT2D eigenvalue weighted by Gasteiger charge is -2.06. The summed E-state index contributed by atoms with van der Waals surface area (Å²) in [4.78, 5) is 0. The fourth-order valence-corrected chi connectivity index (χ4v) is 2.65. The molecular weight excluding hydrogens is 451 g/mol. The Kier molecular flexibility index (Phi) is 4.37. The number of nitrogens with one attached hydrogen (secondary N) is 1. The van der Waals surface area contributed by atoms with Crippen molar-refractivity contribution in [2.45, 2.75) is 6.54 Å². The van der Waals surface area contributed by atoms with Crippen LogP contribution in [0.1, 0.15) is 5.76 Å². The summed E-state index contributed by atoms with van der Waals surface area (Å²) in [6, 6.07) is 9.80. The number of benzene rings is 1. The summed E-state index contributed by atoms with van der Waals surface area (Å²) < 4.78 is 7.47. The van der Waals surface area contributed by atoms with E-state index in [0.717, 1.165) is 23.8 Å². The molecule has 0 spiro atoms. The highest BCUT2D eigenvalue weighted by Crippen LogP contribution is 2.24. The van der Waals surface area contributed by atoms with Gasteiger partial charge < -0.3 is 9.73 Å². The maximum absolute atomic E-state index is 6.10. The predicted octanol–water partition coefficient (Wildman–Crippen LogP) is 4.75. The second-order valence-corrected chi connectivity index (χ2v) is 5.90. The highest BCUT2D eigenvalue weighted by atomic mass is 127. The van der Waals surface area contributed by atoms with Gasteiger partial charge in [0, 0.05) is 3.57 Å². The first kappa shape index (κ1) is 12.5. The van der Waals surface area contributed by atoms with E-state index in [0.29, 0.717) is 6.54 Å². The van der Waals surface area contributed by atoms with E-state index in [1.807, 2.05) is 30.3 Å². The van der Waals surface area contributed by atoms with Crippen LogP contribution in [0.4, 0.5) is 5.69 Å². The lowest BCUT2D eigenvalue weighted by Crippen LogP contribution is -1.98. The molecule has 2 rings (SSSR count). The Morgan fingerprint density at radius 1 is 1.19 bits per heavy atom. The molecule has 0 atom stereocenters. The standard InChI is InChI=1S/C11H8ClI2NO/c12-9-5-7(13)1-3-10(9)15-6-8-2-4-11(14)16-8/h1-5,15H,6H2. The molecule has 2 nitrogen and oxygen atoms in total. The molecule has 0 unspecified atom stereocenters. The third-order valence-corrected chi connectivity index (χ3v) is 3.58. The van der Waals surface area contributed by atoms with E-state index in [-0.39, 0.29) is 0 Å². The van der Waals surface area contributed by atoms with E-state index < -0.39 is 0 Å². The molecule has 1 N–H and O–H groups in total. The van der Waals surface area contributed by atoms with Crippen LogP contribution in [-0.4, -0.2) is 0 Å². The van der Waals surface area contributed by atoms with Gasteiger partial charge in [-0.3, -0.25) is 0 Å². The summed E-state index contributed by atoms with van der Waals surface area (Å²) in [5.41, 5.74) is 0.925. The minimum Gasteiger partial charge on any atom is -0.454 e. The molecule has 84 valence electrons. The zero-order chi connectivity index (χ0) is 11.5. The Balaban J connectivity index is 2.04. The maximum Gasteiger partial charge on any atom is 0.164 e. The molecule has 0 aliphatic heterocycles. The molecule has 0 radical (unpaired) electrons. The Hall–Kier alpha value is 0.0500. The van der Waals surface area contributed by atoms with Crippen molar-refractivity contribution in [1.82, 2.24) is 0 Å². The van der Waals surface area contributed by atoms with Gasteiger partial charge in [-0.15, -0.1) is 0 Å². The molecule has 2 aromatic rings. The number of anilines is 1. The average molecular weight is 459 g/mol. The minimum atomic E-state index is 0.642. The molecule has 0 amide bonds. The predicted molar refractivity (Wildman–Crippen MR) is 82.9 cm³/mol. The van der Waals surface area contributed by atoms with Gasteiger partial charge in [0.05, 0.1) is 17.3 Å². The second kappa shape index (κ2) is 5.59. The van der Waals surface area contributed by atoms with Crippen molar-refractivity contribution >= 4 is 62.5 Å². The fraction of sp³-hybridized carbons (Fsp3) is 0.0909. The third kappa shape index (κ3) is 3.27. The van der Waals surface area contributed by atoms with Gasteiger partial charge in [0.25, 0.3) is 0 Å². The lowest BCUT2D eigenvalue weighted by molar-refractivity contribution is 0.493. The van der Waals surface area contributed by atoms with Crippen molar-refractivity contribution in [1.29, 1.82) is 0 Å². The van der Waals surface area contributed by atoms with Crippen LogP contribution in [0.15, 0.2) is 34.7 Å². The van der Waals surface area contributed by atoms with Crippen molar-refractivity contribution in [3.05, 3.63) is 48.5 Å². The highest BCUT2D eigenvalue weighted by molar-refractivity contribution is 14.1. The number of halogens is 3. The van der Waals surface area contributed by atoms with Crippen LogP contribution in [-0.2, 0) is 6.54 Å². The van der Waals surface area contributed by atoms with Crippen LogP contribution in [0.2, 0.25) is 5.02 Å². The quantitative estimate of drug-likeness (QED) is 0.670. The molecule has 0 saturated carbocycles. The molecular formula is C11H8ClI2NO. The van der Waals surface area contributed by atoms with E-state index in [9.17, 15) is 0 Å². The number of hydrogen-bond acceptors (Lipinski definition) is 2. The Morgan fingerprint density at radius 2 is 2.00 bits per heavy atom. The van der Waals surface area contributed by atoms with Crippen molar-refractivity contribution in [3.63, 3.8) is 0 Å². The molecule has 0 aliphatic rings. The summed E-state index contributed by atoms with van der Waals surface area (Å²) in [5, 5.41) is 3.97. The van der Waals surface area contributed by atoms with Crippen LogP contribution in [0.3, 0.4) is 0 Å². The molecule has 0 fully saturated rings. The first-order chi connectivity index (χ1) is 7.65. The maximum atomic E-state index is 6.10. The molecule has 1 aromatic carbocycles. The van der Waals surface area contributed by atoms with E-state index >= 15 is 0 Å². The fourth-order valence-electron chi connectivity index (χ4n) is 1.26. The molecule has 5 heteroatoms. The first-order valence-electron chi connectivity index (χ1n) is 4.58. The summed E-state index contributed by atoms with van der Waals surface area (Å²) >= 11 is 10.5. The summed E-state index contributed by atoms with van der Waals surface area (Å²) in [5.74, 6) is 0.902. The van der Waals surface area contributed by atoms with Crippen LogP contribution < -0.4 is 5.32 Å². The van der Waals surface area contributed by atoms with E-state index in [2.05, 4.69) is 50.5 Å². The van der Waals surface area contributed by atoms with Crippen molar-refractivity contribution in [2.24, 2.45) is 0 Å². The van der Waals surface area contributed by atoms with Crippen LogP contribution in [0, 0.1) is 7.34 Å². The zero-order valence-corrected chi connectivity index (χ0v) is 13.2. The smallest absolute Gasteiger partial charge is 0.164 e. The molecule has 1 heterocycles. The van der Waals surface area contributed by atoms with Crippen LogP contribution >= 0.6 is 56.8 Å². The highest BCUT2D eigenvalue weighted by Gasteiger charge is 2.02. The Bertz CT molecular complexity index is 498. The van der Waals surface area contributed by atoms with Gasteiger partial charge in [-0.1, -0.05) is 11.6 Å². The molecule has 0 aliphatic carbocycles. The van der Waals surface area contributed by atoms with Gasteiger partial charge in [-0.05, 0) is 75.5 Å². The summed E-state index contributed by atoms with van der Waals surface area (Å²) in [6.07, 6.45) is 0. The summed E-state index contributed by atoms with van der Waals surface area (Å²) in [6.45, 7) is 0.642. The second-order valence-electron chi connectivity index (χ2n) is 3.18. The molecule has 0 saturated heterocycles. The SMILES string of the molecule is Clc1cc(I)ccc1NCc1ccc(I)o1. The number of rotatable bonds is 3. The lowest BCUT2D eigenvalue weighted by atomic mass is 10.3. The van der Waals surface area contributed by atoms with E-state index in [4.69, 9.17) is 16.0 Å². The first-order valence-corrected chi connectivity index (χ1v) is 7.12. The van der Waals surface area contributed by atoms with Crippen LogP contribution in [0.25, 0.3) is 0 Å². The van der Waals surface area contributed by atoms with Crippen molar-refractivity contribution in [3.8, 4) is 0 Å². The van der Waals surface area contributed by atoms with Gasteiger partial charge in [-0.2, -0.15) is 0 Å². The van der Waals surface area contributed by atoms with Gasteiger partial charge in [0.15, 0.2) is 3.77 Å². The number of furan rings is 1. The van der Waals surface area contributed by atoms with E-state index in [1.165, 1.54) is 0 Å². The Morgan fingerprint density at radius 3 is 2.62 bits per heavy atom. The monoisotopic (exact) mass is 459 g/mol. The van der Waals surface area contributed by atoms with E-state index in [1.54, 1.807) is 0 Å². The van der Waals surface area contributed by atoms with Crippen LogP contribution in [0.5, 0.6) is 0 Å². The van der Waals surface area contributed by atoms with Gasteiger partial charge in [0.1, 0.15) is 5.76 Å². The largest absolute Gasteiger partial charge is 0.454 e. The topological polar surface area (TPSA) is 25.2 Å². The third-order valence-electron chi connectivity index (χ3n) is 2.01. The molecule has 16 heavy (non-hydrogen) atoms.